The van der Waals surface area contributed by atoms with Crippen molar-refractivity contribution in [3.05, 3.63) is 35.7 Å². The van der Waals surface area contributed by atoms with E-state index in [2.05, 4.69) is 25.3 Å². The third-order valence-electron chi connectivity index (χ3n) is 5.16. The molecule has 1 saturated heterocycles. The number of aryl methyl sites for hydroxylation is 2. The summed E-state index contributed by atoms with van der Waals surface area (Å²) in [6, 6.07) is 1.78. The lowest BCUT2D eigenvalue weighted by Crippen LogP contribution is -2.46. The van der Waals surface area contributed by atoms with E-state index in [1.807, 2.05) is 33.9 Å². The van der Waals surface area contributed by atoms with Gasteiger partial charge >= 0.3 is 0 Å². The maximum absolute atomic E-state index is 12.8. The lowest BCUT2D eigenvalue weighted by molar-refractivity contribution is -0.121. The number of hydrogen-bond acceptors (Lipinski definition) is 5. The average Bonchev–Trinajstić information content (AvgIpc) is 2.88. The van der Waals surface area contributed by atoms with Crippen LogP contribution in [-0.2, 0) is 11.8 Å². The molecule has 2 atom stereocenters. The van der Waals surface area contributed by atoms with Gasteiger partial charge in [0.25, 0.3) is 0 Å². The number of likely N-dealkylation sites (tertiary alicyclic amines) is 1. The van der Waals surface area contributed by atoms with Gasteiger partial charge < -0.3 is 5.32 Å². The molecule has 7 nitrogen and oxygen atoms in total. The number of hydrogen-bond donors (Lipinski definition) is 1. The van der Waals surface area contributed by atoms with E-state index < -0.39 is 0 Å². The van der Waals surface area contributed by atoms with Crippen LogP contribution in [-0.4, -0.2) is 49.7 Å². The Kier molecular flexibility index (Phi) is 5.13. The van der Waals surface area contributed by atoms with Crippen molar-refractivity contribution < 1.29 is 4.79 Å². The van der Waals surface area contributed by atoms with E-state index in [4.69, 9.17) is 0 Å². The van der Waals surface area contributed by atoms with Crippen molar-refractivity contribution in [2.45, 2.75) is 45.6 Å². The van der Waals surface area contributed by atoms with Gasteiger partial charge in [0, 0.05) is 31.4 Å². The second kappa shape index (κ2) is 7.31. The monoisotopic (exact) mass is 342 g/mol. The minimum absolute atomic E-state index is 0.0162. The number of carbonyl (C=O) groups excluding carboxylic acids is 1. The molecule has 0 aliphatic carbocycles. The number of anilines is 1. The molecule has 0 saturated carbocycles. The summed E-state index contributed by atoms with van der Waals surface area (Å²) in [5.41, 5.74) is 3.70. The predicted octanol–water partition coefficient (Wildman–Crippen LogP) is 2.03. The maximum atomic E-state index is 12.8. The first-order valence-corrected chi connectivity index (χ1v) is 8.78. The predicted molar refractivity (Wildman–Crippen MR) is 96.4 cm³/mol. The zero-order valence-corrected chi connectivity index (χ0v) is 15.4. The molecule has 134 valence electrons. The Labute approximate surface area is 148 Å². The summed E-state index contributed by atoms with van der Waals surface area (Å²) in [5.74, 6) is 0.372. The standard InChI is InChI=1S/C18H26N6O/c1-12-17(13(2)23(4)22-12)21-18(25)14(3)24-9-5-6-15(10-24)16-7-8-19-11-20-16/h7-8,11,14-15H,5-6,9-10H2,1-4H3,(H,21,25)/t14-,15-/m1/s1. The first-order valence-electron chi connectivity index (χ1n) is 8.78. The fourth-order valence-corrected chi connectivity index (χ4v) is 3.49. The number of amides is 1. The highest BCUT2D eigenvalue weighted by molar-refractivity contribution is 5.95. The van der Waals surface area contributed by atoms with E-state index in [0.717, 1.165) is 48.7 Å². The lowest BCUT2D eigenvalue weighted by atomic mass is 9.93. The Bertz CT molecular complexity index is 742. The molecule has 1 aliphatic heterocycles. The summed E-state index contributed by atoms with van der Waals surface area (Å²) in [6.45, 7) is 7.63. The van der Waals surface area contributed by atoms with Crippen LogP contribution in [0.1, 0.15) is 42.8 Å². The largest absolute Gasteiger partial charge is 0.322 e. The van der Waals surface area contributed by atoms with Crippen LogP contribution in [0.25, 0.3) is 0 Å². The van der Waals surface area contributed by atoms with E-state index in [1.165, 1.54) is 0 Å². The maximum Gasteiger partial charge on any atom is 0.241 e. The van der Waals surface area contributed by atoms with Gasteiger partial charge in [0.1, 0.15) is 6.33 Å². The minimum atomic E-state index is -0.191. The van der Waals surface area contributed by atoms with Crippen LogP contribution >= 0.6 is 0 Å². The summed E-state index contributed by atoms with van der Waals surface area (Å²) < 4.78 is 1.79. The number of carbonyl (C=O) groups is 1. The van der Waals surface area contributed by atoms with Gasteiger partial charge in [-0.25, -0.2) is 9.97 Å². The molecule has 1 N–H and O–H groups in total. The van der Waals surface area contributed by atoms with Crippen LogP contribution in [0.2, 0.25) is 0 Å². The summed E-state index contributed by atoms with van der Waals surface area (Å²) in [4.78, 5) is 23.4. The van der Waals surface area contributed by atoms with Gasteiger partial charge in [-0.2, -0.15) is 5.10 Å². The zero-order valence-electron chi connectivity index (χ0n) is 15.4. The van der Waals surface area contributed by atoms with Crippen molar-refractivity contribution in [3.8, 4) is 0 Å². The van der Waals surface area contributed by atoms with Gasteiger partial charge in [-0.05, 0) is 46.2 Å². The Morgan fingerprint density at radius 3 is 2.84 bits per heavy atom. The van der Waals surface area contributed by atoms with E-state index in [-0.39, 0.29) is 11.9 Å². The van der Waals surface area contributed by atoms with E-state index >= 15 is 0 Å². The second-order valence-corrected chi connectivity index (χ2v) is 6.80. The van der Waals surface area contributed by atoms with Crippen LogP contribution in [0.4, 0.5) is 5.69 Å². The second-order valence-electron chi connectivity index (χ2n) is 6.80. The van der Waals surface area contributed by atoms with Crippen LogP contribution in [0, 0.1) is 13.8 Å². The number of piperidine rings is 1. The molecule has 0 spiro atoms. The first kappa shape index (κ1) is 17.5. The number of aromatic nitrogens is 4. The fraction of sp³-hybridized carbons (Fsp3) is 0.556. The molecule has 7 heteroatoms. The van der Waals surface area contributed by atoms with Gasteiger partial charge in [0.2, 0.25) is 5.91 Å². The molecule has 1 amide bonds. The van der Waals surface area contributed by atoms with Gasteiger partial charge in [0.05, 0.1) is 23.1 Å². The molecule has 1 fully saturated rings. The molecule has 3 heterocycles. The quantitative estimate of drug-likeness (QED) is 0.920. The van der Waals surface area contributed by atoms with Crippen molar-refractivity contribution >= 4 is 11.6 Å². The third kappa shape index (κ3) is 3.71. The van der Waals surface area contributed by atoms with Crippen molar-refractivity contribution in [3.63, 3.8) is 0 Å². The molecule has 0 unspecified atom stereocenters. The molecule has 0 radical (unpaired) electrons. The number of nitrogens with one attached hydrogen (secondary N) is 1. The molecule has 2 aromatic rings. The van der Waals surface area contributed by atoms with Crippen LogP contribution < -0.4 is 5.32 Å². The van der Waals surface area contributed by atoms with E-state index in [9.17, 15) is 4.79 Å². The van der Waals surface area contributed by atoms with E-state index in [1.54, 1.807) is 17.2 Å². The van der Waals surface area contributed by atoms with Crippen LogP contribution in [0.15, 0.2) is 18.6 Å². The summed E-state index contributed by atoms with van der Waals surface area (Å²) in [6.07, 6.45) is 5.55. The lowest BCUT2D eigenvalue weighted by Gasteiger charge is -2.35. The molecule has 2 aromatic heterocycles. The molecule has 0 bridgehead atoms. The number of nitrogens with zero attached hydrogens (tertiary/aromatic N) is 5. The van der Waals surface area contributed by atoms with Gasteiger partial charge in [0.15, 0.2) is 0 Å². The topological polar surface area (TPSA) is 75.9 Å². The average molecular weight is 342 g/mol. The van der Waals surface area contributed by atoms with Crippen molar-refractivity contribution in [2.24, 2.45) is 7.05 Å². The van der Waals surface area contributed by atoms with Crippen LogP contribution in [0.3, 0.4) is 0 Å². The molecule has 3 rings (SSSR count). The summed E-state index contributed by atoms with van der Waals surface area (Å²) >= 11 is 0. The highest BCUT2D eigenvalue weighted by Crippen LogP contribution is 2.27. The molecule has 25 heavy (non-hydrogen) atoms. The fourth-order valence-electron chi connectivity index (χ4n) is 3.49. The van der Waals surface area contributed by atoms with Gasteiger partial charge in [-0.1, -0.05) is 0 Å². The molecular formula is C18H26N6O. The first-order chi connectivity index (χ1) is 12.0. The summed E-state index contributed by atoms with van der Waals surface area (Å²) in [7, 11) is 1.89. The highest BCUT2D eigenvalue weighted by atomic mass is 16.2. The van der Waals surface area contributed by atoms with E-state index in [0.29, 0.717) is 5.92 Å². The Morgan fingerprint density at radius 2 is 2.20 bits per heavy atom. The molecule has 0 aromatic carbocycles. The highest BCUT2D eigenvalue weighted by Gasteiger charge is 2.29. The minimum Gasteiger partial charge on any atom is -0.322 e. The molecular weight excluding hydrogens is 316 g/mol. The third-order valence-corrected chi connectivity index (χ3v) is 5.16. The Morgan fingerprint density at radius 1 is 1.40 bits per heavy atom. The SMILES string of the molecule is Cc1nn(C)c(C)c1NC(=O)[C@@H](C)N1CCC[C@@H](c2ccncn2)C1. The van der Waals surface area contributed by atoms with Gasteiger partial charge in [-0.3, -0.25) is 14.4 Å². The Hall–Kier alpha value is -2.28. The Balaban J connectivity index is 1.67. The van der Waals surface area contributed by atoms with Crippen molar-refractivity contribution in [2.75, 3.05) is 18.4 Å². The smallest absolute Gasteiger partial charge is 0.241 e. The van der Waals surface area contributed by atoms with Crippen LogP contribution in [0.5, 0.6) is 0 Å². The van der Waals surface area contributed by atoms with Gasteiger partial charge in [-0.15, -0.1) is 0 Å². The normalized spacial score (nSPS) is 19.6. The molecule has 1 aliphatic rings. The zero-order chi connectivity index (χ0) is 18.0. The van der Waals surface area contributed by atoms with Crippen molar-refractivity contribution in [1.29, 1.82) is 0 Å². The number of rotatable bonds is 4. The van der Waals surface area contributed by atoms with Crippen molar-refractivity contribution in [1.82, 2.24) is 24.6 Å². The summed E-state index contributed by atoms with van der Waals surface area (Å²) in [5, 5.41) is 7.42.